The Morgan fingerprint density at radius 1 is 1.24 bits per heavy atom. The van der Waals surface area contributed by atoms with Crippen LogP contribution in [0.15, 0.2) is 42.5 Å². The van der Waals surface area contributed by atoms with Crippen molar-refractivity contribution in [2.75, 3.05) is 19.0 Å². The number of nitrogens with zero attached hydrogens (tertiary/aromatic N) is 1. The molecule has 0 saturated heterocycles. The maximum Gasteiger partial charge on any atom is 0.338 e. The molecule has 1 N–H and O–H groups in total. The molecule has 0 heterocycles. The quantitative estimate of drug-likeness (QED) is 0.488. The third-order valence-electron chi connectivity index (χ3n) is 3.05. The maximum absolute atomic E-state index is 13.0. The van der Waals surface area contributed by atoms with E-state index in [0.29, 0.717) is 0 Å². The van der Waals surface area contributed by atoms with Crippen LogP contribution in [0.1, 0.15) is 10.4 Å². The third kappa shape index (κ3) is 4.74. The molecule has 2 rings (SSSR count). The molecule has 0 saturated carbocycles. The van der Waals surface area contributed by atoms with Gasteiger partial charge in [-0.25, -0.2) is 9.18 Å². The molecule has 0 spiro atoms. The first-order valence-corrected chi connectivity index (χ1v) is 6.95. The number of hydrogen-bond donors (Lipinski definition) is 1. The van der Waals surface area contributed by atoms with Crippen LogP contribution in [0.5, 0.6) is 5.75 Å². The van der Waals surface area contributed by atoms with Crippen LogP contribution in [0, 0.1) is 15.9 Å². The van der Waals surface area contributed by atoms with Gasteiger partial charge in [0.2, 0.25) is 0 Å². The molecule has 0 atom stereocenters. The fraction of sp³-hybridized carbons (Fsp3) is 0.125. The standard InChI is InChI=1S/C16H13FN2O6/c1-24-14-6-5-10(7-13(14)19(22)23)16(21)25-9-15(20)18-12-4-2-3-11(17)8-12/h2-8H,9H2,1H3,(H,18,20). The van der Waals surface area contributed by atoms with E-state index < -0.39 is 34.9 Å². The van der Waals surface area contributed by atoms with Crippen molar-refractivity contribution in [3.05, 3.63) is 64.0 Å². The van der Waals surface area contributed by atoms with Gasteiger partial charge in [0.1, 0.15) is 5.82 Å². The number of esters is 1. The Morgan fingerprint density at radius 3 is 2.64 bits per heavy atom. The Morgan fingerprint density at radius 2 is 2.00 bits per heavy atom. The van der Waals surface area contributed by atoms with Gasteiger partial charge in [0.25, 0.3) is 5.91 Å². The zero-order valence-electron chi connectivity index (χ0n) is 13.0. The first kappa shape index (κ1) is 17.9. The number of nitro groups is 1. The summed E-state index contributed by atoms with van der Waals surface area (Å²) in [5.74, 6) is -2.13. The maximum atomic E-state index is 13.0. The Balaban J connectivity index is 1.99. The highest BCUT2D eigenvalue weighted by Gasteiger charge is 2.19. The number of amides is 1. The Hall–Kier alpha value is -3.49. The lowest BCUT2D eigenvalue weighted by atomic mass is 10.2. The zero-order valence-corrected chi connectivity index (χ0v) is 13.0. The number of halogens is 1. The average Bonchev–Trinajstić information content (AvgIpc) is 2.59. The molecule has 2 aromatic rings. The highest BCUT2D eigenvalue weighted by atomic mass is 19.1. The van der Waals surface area contributed by atoms with Gasteiger partial charge in [-0.05, 0) is 30.3 Å². The van der Waals surface area contributed by atoms with Gasteiger partial charge in [0.05, 0.1) is 17.6 Å². The van der Waals surface area contributed by atoms with Crippen molar-refractivity contribution in [1.82, 2.24) is 0 Å². The predicted octanol–water partition coefficient (Wildman–Crippen LogP) is 2.54. The summed E-state index contributed by atoms with van der Waals surface area (Å²) < 4.78 is 22.6. The van der Waals surface area contributed by atoms with Gasteiger partial charge in [-0.1, -0.05) is 6.07 Å². The molecule has 0 aliphatic rings. The smallest absolute Gasteiger partial charge is 0.338 e. The van der Waals surface area contributed by atoms with Crippen molar-refractivity contribution in [1.29, 1.82) is 0 Å². The van der Waals surface area contributed by atoms with Gasteiger partial charge < -0.3 is 14.8 Å². The number of nitro benzene ring substituents is 1. The van der Waals surface area contributed by atoms with Crippen LogP contribution in [0.2, 0.25) is 0 Å². The van der Waals surface area contributed by atoms with Crippen LogP contribution in [0.4, 0.5) is 15.8 Å². The number of methoxy groups -OCH3 is 1. The van der Waals surface area contributed by atoms with Gasteiger partial charge in [-0.2, -0.15) is 0 Å². The van der Waals surface area contributed by atoms with E-state index in [4.69, 9.17) is 9.47 Å². The summed E-state index contributed by atoms with van der Waals surface area (Å²) in [5.41, 5.74) is -0.298. The topological polar surface area (TPSA) is 108 Å². The largest absolute Gasteiger partial charge is 0.490 e. The van der Waals surface area contributed by atoms with E-state index >= 15 is 0 Å². The molecular formula is C16H13FN2O6. The van der Waals surface area contributed by atoms with E-state index in [-0.39, 0.29) is 17.0 Å². The number of hydrogen-bond acceptors (Lipinski definition) is 6. The van der Waals surface area contributed by atoms with Crippen molar-refractivity contribution >= 4 is 23.3 Å². The van der Waals surface area contributed by atoms with Crippen LogP contribution in [0.25, 0.3) is 0 Å². The number of carbonyl (C=O) groups is 2. The second-order valence-electron chi connectivity index (χ2n) is 4.78. The van der Waals surface area contributed by atoms with E-state index in [9.17, 15) is 24.1 Å². The highest BCUT2D eigenvalue weighted by Crippen LogP contribution is 2.27. The number of nitrogens with one attached hydrogen (secondary N) is 1. The van der Waals surface area contributed by atoms with E-state index in [1.165, 1.54) is 37.4 Å². The molecule has 0 aliphatic carbocycles. The molecule has 0 aromatic heterocycles. The summed E-state index contributed by atoms with van der Waals surface area (Å²) in [4.78, 5) is 33.8. The van der Waals surface area contributed by atoms with Gasteiger partial charge in [0.15, 0.2) is 12.4 Å². The molecule has 0 aliphatic heterocycles. The van der Waals surface area contributed by atoms with Crippen molar-refractivity contribution in [3.8, 4) is 5.75 Å². The number of benzene rings is 2. The summed E-state index contributed by atoms with van der Waals surface area (Å²) in [6, 6.07) is 8.72. The second kappa shape index (κ2) is 7.86. The van der Waals surface area contributed by atoms with Gasteiger partial charge >= 0.3 is 11.7 Å². The van der Waals surface area contributed by atoms with Gasteiger partial charge in [-0.3, -0.25) is 14.9 Å². The molecular weight excluding hydrogens is 335 g/mol. The molecule has 2 aromatic carbocycles. The third-order valence-corrected chi connectivity index (χ3v) is 3.05. The van der Waals surface area contributed by atoms with Crippen molar-refractivity contribution < 1.29 is 28.4 Å². The molecule has 0 bridgehead atoms. The number of rotatable bonds is 6. The van der Waals surface area contributed by atoms with Crippen molar-refractivity contribution in [2.45, 2.75) is 0 Å². The minimum Gasteiger partial charge on any atom is -0.490 e. The van der Waals surface area contributed by atoms with Crippen molar-refractivity contribution in [2.24, 2.45) is 0 Å². The van der Waals surface area contributed by atoms with Crippen molar-refractivity contribution in [3.63, 3.8) is 0 Å². The van der Waals surface area contributed by atoms with Gasteiger partial charge in [0, 0.05) is 11.8 Å². The highest BCUT2D eigenvalue weighted by molar-refractivity contribution is 5.95. The summed E-state index contributed by atoms with van der Waals surface area (Å²) in [5, 5.41) is 13.3. The molecule has 1 amide bonds. The Labute approximate surface area is 141 Å². The number of carbonyl (C=O) groups excluding carboxylic acids is 2. The predicted molar refractivity (Wildman–Crippen MR) is 85.0 cm³/mol. The zero-order chi connectivity index (χ0) is 18.4. The monoisotopic (exact) mass is 348 g/mol. The fourth-order valence-corrected chi connectivity index (χ4v) is 1.94. The molecule has 0 unspecified atom stereocenters. The normalized spacial score (nSPS) is 10.0. The van der Waals surface area contributed by atoms with Crippen LogP contribution < -0.4 is 10.1 Å². The lowest BCUT2D eigenvalue weighted by Crippen LogP contribution is -2.21. The molecule has 25 heavy (non-hydrogen) atoms. The summed E-state index contributed by atoms with van der Waals surface area (Å²) in [6.45, 7) is -0.630. The summed E-state index contributed by atoms with van der Waals surface area (Å²) >= 11 is 0. The Kier molecular flexibility index (Phi) is 5.62. The number of ether oxygens (including phenoxy) is 2. The van der Waals surface area contributed by atoms with Gasteiger partial charge in [-0.15, -0.1) is 0 Å². The SMILES string of the molecule is COc1ccc(C(=O)OCC(=O)Nc2cccc(F)c2)cc1[N+](=O)[O-]. The van der Waals surface area contributed by atoms with E-state index in [2.05, 4.69) is 5.32 Å². The first-order valence-electron chi connectivity index (χ1n) is 6.95. The average molecular weight is 348 g/mol. The van der Waals surface area contributed by atoms with Crippen LogP contribution in [0.3, 0.4) is 0 Å². The molecule has 130 valence electrons. The first-order chi connectivity index (χ1) is 11.9. The minimum absolute atomic E-state index is 0.00889. The van der Waals surface area contributed by atoms with Crippen LogP contribution in [-0.4, -0.2) is 30.5 Å². The lowest BCUT2D eigenvalue weighted by molar-refractivity contribution is -0.385. The van der Waals surface area contributed by atoms with Crippen LogP contribution >= 0.6 is 0 Å². The molecule has 0 radical (unpaired) electrons. The van der Waals surface area contributed by atoms with E-state index in [1.54, 1.807) is 0 Å². The minimum atomic E-state index is -0.917. The van der Waals surface area contributed by atoms with E-state index in [0.717, 1.165) is 12.1 Å². The summed E-state index contributed by atoms with van der Waals surface area (Å²) in [7, 11) is 1.26. The fourth-order valence-electron chi connectivity index (χ4n) is 1.94. The molecule has 9 heteroatoms. The lowest BCUT2D eigenvalue weighted by Gasteiger charge is -2.07. The second-order valence-corrected chi connectivity index (χ2v) is 4.78. The molecule has 0 fully saturated rings. The summed E-state index contributed by atoms with van der Waals surface area (Å²) in [6.07, 6.45) is 0. The van der Waals surface area contributed by atoms with Crippen LogP contribution in [-0.2, 0) is 9.53 Å². The Bertz CT molecular complexity index is 824. The molecule has 8 nitrogen and oxygen atoms in total. The van der Waals surface area contributed by atoms with E-state index in [1.807, 2.05) is 0 Å². The number of anilines is 1.